The van der Waals surface area contributed by atoms with Crippen LogP contribution in [0.15, 0.2) is 26.9 Å². The van der Waals surface area contributed by atoms with Crippen LogP contribution < -0.4 is 5.32 Å². The maximum Gasteiger partial charge on any atom is 0.248 e. The molecule has 0 bridgehead atoms. The minimum Gasteiger partial charge on any atom is -0.355 e. The van der Waals surface area contributed by atoms with Crippen LogP contribution in [0.3, 0.4) is 0 Å². The summed E-state index contributed by atoms with van der Waals surface area (Å²) in [4.78, 5) is 13.8. The second-order valence-electron chi connectivity index (χ2n) is 8.95. The van der Waals surface area contributed by atoms with E-state index in [2.05, 4.69) is 17.4 Å². The van der Waals surface area contributed by atoms with Crippen molar-refractivity contribution in [2.45, 2.75) is 63.3 Å². The highest BCUT2D eigenvalue weighted by molar-refractivity contribution is 7.89. The lowest BCUT2D eigenvalue weighted by Gasteiger charge is -2.32. The molecule has 0 unspecified atom stereocenters. The summed E-state index contributed by atoms with van der Waals surface area (Å²) in [6, 6.07) is 4.14. The molecule has 32 heavy (non-hydrogen) atoms. The third kappa shape index (κ3) is 5.15. The van der Waals surface area contributed by atoms with Gasteiger partial charge in [0.1, 0.15) is 5.69 Å². The number of aryl methyl sites for hydroxylation is 1. The molecule has 7 nitrogen and oxygen atoms in total. The van der Waals surface area contributed by atoms with Crippen LogP contribution in [0.1, 0.15) is 61.8 Å². The number of rotatable bonds is 6. The molecule has 174 valence electrons. The Labute approximate surface area is 193 Å². The summed E-state index contributed by atoms with van der Waals surface area (Å²) in [5.41, 5.74) is 0.349. The van der Waals surface area contributed by atoms with Crippen LogP contribution in [0, 0.1) is 18.8 Å². The van der Waals surface area contributed by atoms with Gasteiger partial charge in [0, 0.05) is 29.9 Å². The van der Waals surface area contributed by atoms with Gasteiger partial charge in [0.15, 0.2) is 10.7 Å². The Morgan fingerprint density at radius 1 is 1.19 bits per heavy atom. The molecule has 1 N–H and O–H groups in total. The Morgan fingerprint density at radius 2 is 1.91 bits per heavy atom. The van der Waals surface area contributed by atoms with E-state index >= 15 is 0 Å². The summed E-state index contributed by atoms with van der Waals surface area (Å²) >= 11 is 1.56. The van der Waals surface area contributed by atoms with Crippen molar-refractivity contribution in [3.8, 4) is 0 Å². The van der Waals surface area contributed by atoms with Gasteiger partial charge < -0.3 is 9.84 Å². The summed E-state index contributed by atoms with van der Waals surface area (Å²) in [5.74, 6) is 0.912. The van der Waals surface area contributed by atoms with Crippen molar-refractivity contribution in [2.24, 2.45) is 11.8 Å². The molecule has 0 aromatic carbocycles. The van der Waals surface area contributed by atoms with Crippen molar-refractivity contribution in [1.82, 2.24) is 14.8 Å². The number of nitrogens with zero attached hydrogens (tertiary/aromatic N) is 2. The van der Waals surface area contributed by atoms with Gasteiger partial charge in [0.2, 0.25) is 15.9 Å². The number of nitrogens with one attached hydrogen (secondary N) is 1. The second-order valence-corrected chi connectivity index (χ2v) is 11.8. The van der Waals surface area contributed by atoms with Crippen molar-refractivity contribution in [1.29, 1.82) is 0 Å². The smallest absolute Gasteiger partial charge is 0.248 e. The fourth-order valence-corrected chi connectivity index (χ4v) is 6.89. The van der Waals surface area contributed by atoms with E-state index in [1.165, 1.54) is 4.31 Å². The van der Waals surface area contributed by atoms with Crippen LogP contribution >= 0.6 is 11.3 Å². The summed E-state index contributed by atoms with van der Waals surface area (Å²) in [7, 11) is -3.76. The van der Waals surface area contributed by atoms with E-state index in [4.69, 9.17) is 4.52 Å². The van der Waals surface area contributed by atoms with Crippen molar-refractivity contribution < 1.29 is 17.7 Å². The third-order valence-electron chi connectivity index (χ3n) is 6.56. The number of aromatic nitrogens is 1. The maximum absolute atomic E-state index is 13.4. The number of piperidine rings is 1. The van der Waals surface area contributed by atoms with Crippen molar-refractivity contribution in [2.75, 3.05) is 13.1 Å². The highest BCUT2D eigenvalue weighted by Crippen LogP contribution is 2.30. The molecule has 0 spiro atoms. The van der Waals surface area contributed by atoms with Gasteiger partial charge in [-0.2, -0.15) is 4.31 Å². The van der Waals surface area contributed by atoms with Crippen molar-refractivity contribution in [3.05, 3.63) is 33.8 Å². The molecule has 2 fully saturated rings. The van der Waals surface area contributed by atoms with Gasteiger partial charge in [-0.3, -0.25) is 4.79 Å². The van der Waals surface area contributed by atoms with E-state index in [1.54, 1.807) is 24.3 Å². The molecular formula is C23H31N3O4S2. The monoisotopic (exact) mass is 477 g/mol. The fourth-order valence-electron chi connectivity index (χ4n) is 4.55. The minimum atomic E-state index is -3.76. The average molecular weight is 478 g/mol. The Balaban J connectivity index is 1.39. The lowest BCUT2D eigenvalue weighted by Crippen LogP contribution is -2.46. The molecule has 2 aliphatic rings. The molecule has 1 saturated heterocycles. The second kappa shape index (κ2) is 9.89. The number of carbonyl (C=O) groups excluding carboxylic acids is 1. The minimum absolute atomic E-state index is 0.0716. The number of hydrogen-bond acceptors (Lipinski definition) is 6. The number of thiophene rings is 1. The van der Waals surface area contributed by atoms with E-state index in [-0.39, 0.29) is 28.5 Å². The van der Waals surface area contributed by atoms with Crippen LogP contribution in [-0.4, -0.2) is 42.9 Å². The van der Waals surface area contributed by atoms with Crippen LogP contribution in [0.4, 0.5) is 0 Å². The van der Waals surface area contributed by atoms with Crippen LogP contribution in [0.25, 0.3) is 12.2 Å². The predicted octanol–water partition coefficient (Wildman–Crippen LogP) is 4.31. The Hall–Kier alpha value is -1.97. The lowest BCUT2D eigenvalue weighted by molar-refractivity contribution is -0.127. The lowest BCUT2D eigenvalue weighted by atomic mass is 9.87. The van der Waals surface area contributed by atoms with Gasteiger partial charge in [0.25, 0.3) is 0 Å². The summed E-state index contributed by atoms with van der Waals surface area (Å²) in [6.07, 6.45) is 8.92. The molecule has 0 atom stereocenters. The topological polar surface area (TPSA) is 92.5 Å². The summed E-state index contributed by atoms with van der Waals surface area (Å²) < 4.78 is 33.5. The molecule has 1 aliphatic carbocycles. The quantitative estimate of drug-likeness (QED) is 0.669. The van der Waals surface area contributed by atoms with Crippen LogP contribution in [0.5, 0.6) is 0 Å². The van der Waals surface area contributed by atoms with Gasteiger partial charge in [0.05, 0.1) is 0 Å². The summed E-state index contributed by atoms with van der Waals surface area (Å²) in [5, 5.41) is 9.05. The molecule has 2 aromatic heterocycles. The van der Waals surface area contributed by atoms with E-state index in [0.29, 0.717) is 31.6 Å². The van der Waals surface area contributed by atoms with E-state index in [9.17, 15) is 13.2 Å². The summed E-state index contributed by atoms with van der Waals surface area (Å²) in [6.45, 7) is 4.54. The molecular weight excluding hydrogens is 446 g/mol. The van der Waals surface area contributed by atoms with Crippen molar-refractivity contribution >= 4 is 39.4 Å². The van der Waals surface area contributed by atoms with Gasteiger partial charge in [-0.1, -0.05) is 18.1 Å². The standard InChI is InChI=1S/C23H31N3O4S2/c1-16-5-7-19(8-6-16)24-23(27)18-11-13-26(14-12-18)32(28,29)22-17(2)25-30-21(22)10-9-20-4-3-15-31-20/h3-4,9-10,15-16,18-19H,5-8,11-14H2,1-2H3,(H,24,27). The molecule has 1 saturated carbocycles. The Morgan fingerprint density at radius 3 is 2.56 bits per heavy atom. The average Bonchev–Trinajstić information content (AvgIpc) is 3.43. The molecule has 1 amide bonds. The zero-order valence-electron chi connectivity index (χ0n) is 18.6. The Bertz CT molecular complexity index is 1040. The largest absolute Gasteiger partial charge is 0.355 e. The Kier molecular flexibility index (Phi) is 7.17. The zero-order valence-corrected chi connectivity index (χ0v) is 20.3. The van der Waals surface area contributed by atoms with E-state index in [1.807, 2.05) is 23.6 Å². The predicted molar refractivity (Wildman–Crippen MR) is 126 cm³/mol. The first kappa shape index (κ1) is 23.2. The molecule has 1 aliphatic heterocycles. The molecule has 0 radical (unpaired) electrons. The molecule has 3 heterocycles. The molecule has 2 aromatic rings. The first-order chi connectivity index (χ1) is 15.3. The van der Waals surface area contributed by atoms with E-state index in [0.717, 1.165) is 36.5 Å². The maximum atomic E-state index is 13.4. The van der Waals surface area contributed by atoms with Gasteiger partial charge >= 0.3 is 0 Å². The number of sulfonamides is 1. The van der Waals surface area contributed by atoms with Crippen LogP contribution in [-0.2, 0) is 14.8 Å². The number of amides is 1. The first-order valence-electron chi connectivity index (χ1n) is 11.3. The van der Waals surface area contributed by atoms with Crippen molar-refractivity contribution in [3.63, 3.8) is 0 Å². The fraction of sp³-hybridized carbons (Fsp3) is 0.565. The van der Waals surface area contributed by atoms with Gasteiger partial charge in [-0.05, 0) is 75.0 Å². The normalized spacial score (nSPS) is 23.6. The highest BCUT2D eigenvalue weighted by Gasteiger charge is 2.36. The third-order valence-corrected chi connectivity index (χ3v) is 9.46. The van der Waals surface area contributed by atoms with Crippen LogP contribution in [0.2, 0.25) is 0 Å². The van der Waals surface area contributed by atoms with E-state index < -0.39 is 10.0 Å². The van der Waals surface area contributed by atoms with Gasteiger partial charge in [-0.15, -0.1) is 11.3 Å². The number of hydrogen-bond donors (Lipinski definition) is 1. The first-order valence-corrected chi connectivity index (χ1v) is 13.6. The SMILES string of the molecule is Cc1noc(C=Cc2cccs2)c1S(=O)(=O)N1CCC(C(=O)NC2CCC(C)CC2)CC1. The van der Waals surface area contributed by atoms with Gasteiger partial charge in [-0.25, -0.2) is 8.42 Å². The molecule has 9 heteroatoms. The molecule has 4 rings (SSSR count). The number of carbonyl (C=O) groups is 1. The zero-order chi connectivity index (χ0) is 22.7. The highest BCUT2D eigenvalue weighted by atomic mass is 32.2.